The molecule has 0 aliphatic carbocycles. The van der Waals surface area contributed by atoms with Crippen molar-refractivity contribution in [2.45, 2.75) is 47.9 Å². The van der Waals surface area contributed by atoms with Crippen molar-refractivity contribution in [2.75, 3.05) is 7.05 Å². The molecule has 0 amide bonds. The van der Waals surface area contributed by atoms with Gasteiger partial charge in [0.2, 0.25) is 0 Å². The second kappa shape index (κ2) is 5.32. The molecule has 1 N–H and O–H groups in total. The molecule has 22 heavy (non-hydrogen) atoms. The molecule has 118 valence electrons. The van der Waals surface area contributed by atoms with Gasteiger partial charge in [-0.2, -0.15) is 0 Å². The second-order valence-electron chi connectivity index (χ2n) is 6.52. The number of piperidine rings is 1. The maximum atomic E-state index is 11.8. The topological polar surface area (TPSA) is 41.0 Å². The predicted octanol–water partition coefficient (Wildman–Crippen LogP) is 3.24. The summed E-state index contributed by atoms with van der Waals surface area (Å²) in [6.45, 7) is 0. The van der Waals surface area contributed by atoms with Gasteiger partial charge in [-0.05, 0) is 44.9 Å². The van der Waals surface area contributed by atoms with Crippen molar-refractivity contribution < 1.29 is 0 Å². The van der Waals surface area contributed by atoms with Crippen molar-refractivity contribution in [3.05, 3.63) is 27.6 Å². The number of aryl methyl sites for hydroxylation is 1. The summed E-state index contributed by atoms with van der Waals surface area (Å²) in [4.78, 5) is 18.2. The molecule has 6 heteroatoms. The van der Waals surface area contributed by atoms with E-state index in [4.69, 9.17) is 11.6 Å². The van der Waals surface area contributed by atoms with Crippen LogP contribution in [-0.2, 0) is 7.05 Å². The molecular weight excluding hydrogens is 318 g/mol. The molecule has 2 bridgehead atoms. The molecule has 1 aromatic heterocycles. The number of halogens is 1. The Morgan fingerprint density at radius 2 is 1.91 bits per heavy atom. The number of aromatic amines is 1. The molecule has 3 heterocycles. The van der Waals surface area contributed by atoms with Crippen LogP contribution in [0.5, 0.6) is 0 Å². The standard InChI is InChI=1S/C16H20ClN3OS/c1-19-9-3-4-10(19)8-11(7-9)22-13-6-5-12-15(14(13)17)20(2)16(21)18-12/h5-6,9-11H,3-4,7-8H2,1-2H3,(H,18,21)/t9-,10+,11-. The summed E-state index contributed by atoms with van der Waals surface area (Å²) in [5.41, 5.74) is 1.51. The lowest BCUT2D eigenvalue weighted by Gasteiger charge is -2.36. The highest BCUT2D eigenvalue weighted by Crippen LogP contribution is 2.43. The zero-order chi connectivity index (χ0) is 15.4. The maximum absolute atomic E-state index is 11.8. The van der Waals surface area contributed by atoms with Gasteiger partial charge in [-0.25, -0.2) is 4.79 Å². The van der Waals surface area contributed by atoms with Crippen LogP contribution in [0.1, 0.15) is 25.7 Å². The van der Waals surface area contributed by atoms with E-state index in [1.165, 1.54) is 25.7 Å². The molecule has 2 saturated heterocycles. The Kier molecular flexibility index (Phi) is 3.55. The number of hydrogen-bond donors (Lipinski definition) is 1. The van der Waals surface area contributed by atoms with E-state index in [9.17, 15) is 4.79 Å². The van der Waals surface area contributed by atoms with Gasteiger partial charge in [0.05, 0.1) is 16.1 Å². The van der Waals surface area contributed by atoms with E-state index < -0.39 is 0 Å². The lowest BCUT2D eigenvalue weighted by atomic mass is 10.0. The first-order valence-electron chi connectivity index (χ1n) is 7.80. The Hall–Kier alpha value is -0.910. The minimum Gasteiger partial charge on any atom is -0.305 e. The summed E-state index contributed by atoms with van der Waals surface area (Å²) in [6, 6.07) is 5.48. The van der Waals surface area contributed by atoms with Gasteiger partial charge in [-0.1, -0.05) is 11.6 Å². The first kappa shape index (κ1) is 14.7. The first-order valence-corrected chi connectivity index (χ1v) is 9.06. The van der Waals surface area contributed by atoms with Crippen molar-refractivity contribution in [3.63, 3.8) is 0 Å². The number of hydrogen-bond acceptors (Lipinski definition) is 3. The molecule has 2 fully saturated rings. The van der Waals surface area contributed by atoms with Crippen molar-refractivity contribution >= 4 is 34.4 Å². The summed E-state index contributed by atoms with van der Waals surface area (Å²) in [5.74, 6) is 0. The molecule has 4 nitrogen and oxygen atoms in total. The van der Waals surface area contributed by atoms with E-state index in [2.05, 4.69) is 16.9 Å². The Balaban J connectivity index is 1.64. The number of benzene rings is 1. The normalized spacial score (nSPS) is 28.6. The molecule has 0 saturated carbocycles. The van der Waals surface area contributed by atoms with Crippen LogP contribution in [0, 0.1) is 0 Å². The zero-order valence-electron chi connectivity index (χ0n) is 12.8. The SMILES string of the molecule is CN1[C@@H]2CC[C@H]1C[C@H](Sc1ccc3[nH]c(=O)n(C)c3c1Cl)C2. The average molecular weight is 338 g/mol. The smallest absolute Gasteiger partial charge is 0.305 e. The van der Waals surface area contributed by atoms with Crippen LogP contribution in [0.3, 0.4) is 0 Å². The molecule has 0 radical (unpaired) electrons. The highest BCUT2D eigenvalue weighted by Gasteiger charge is 2.38. The molecule has 2 aromatic rings. The van der Waals surface area contributed by atoms with E-state index >= 15 is 0 Å². The zero-order valence-corrected chi connectivity index (χ0v) is 14.4. The molecule has 3 atom stereocenters. The Bertz CT molecular complexity index is 770. The number of fused-ring (bicyclic) bond motifs is 3. The number of thioether (sulfide) groups is 1. The highest BCUT2D eigenvalue weighted by molar-refractivity contribution is 8.00. The molecular formula is C16H20ClN3OS. The van der Waals surface area contributed by atoms with Crippen LogP contribution < -0.4 is 5.69 Å². The Labute approximate surface area is 138 Å². The van der Waals surface area contributed by atoms with Crippen LogP contribution in [0.2, 0.25) is 5.02 Å². The van der Waals surface area contributed by atoms with Crippen molar-refractivity contribution in [1.29, 1.82) is 0 Å². The van der Waals surface area contributed by atoms with E-state index in [0.717, 1.165) is 28.0 Å². The minimum atomic E-state index is -0.114. The van der Waals surface area contributed by atoms with Gasteiger partial charge in [0.25, 0.3) is 0 Å². The van der Waals surface area contributed by atoms with E-state index in [1.807, 2.05) is 23.9 Å². The largest absolute Gasteiger partial charge is 0.326 e. The Morgan fingerprint density at radius 3 is 2.59 bits per heavy atom. The third-order valence-corrected chi connectivity index (χ3v) is 7.12. The van der Waals surface area contributed by atoms with Crippen LogP contribution in [-0.4, -0.2) is 38.8 Å². The number of imidazole rings is 1. The van der Waals surface area contributed by atoms with Gasteiger partial charge in [0.1, 0.15) is 0 Å². The van der Waals surface area contributed by atoms with Crippen molar-refractivity contribution in [2.24, 2.45) is 7.05 Å². The minimum absolute atomic E-state index is 0.114. The number of nitrogens with zero attached hydrogens (tertiary/aromatic N) is 2. The summed E-state index contributed by atoms with van der Waals surface area (Å²) in [5, 5.41) is 1.33. The van der Waals surface area contributed by atoms with Gasteiger partial charge < -0.3 is 9.88 Å². The van der Waals surface area contributed by atoms with Gasteiger partial charge in [-0.15, -0.1) is 11.8 Å². The molecule has 2 aliphatic rings. The quantitative estimate of drug-likeness (QED) is 0.914. The second-order valence-corrected chi connectivity index (χ2v) is 8.24. The third kappa shape index (κ3) is 2.22. The third-order valence-electron chi connectivity index (χ3n) is 5.31. The molecule has 4 rings (SSSR count). The van der Waals surface area contributed by atoms with Gasteiger partial charge in [0.15, 0.2) is 0 Å². The predicted molar refractivity (Wildman–Crippen MR) is 92.0 cm³/mol. The molecule has 1 aromatic carbocycles. The lowest BCUT2D eigenvalue weighted by Crippen LogP contribution is -2.40. The van der Waals surface area contributed by atoms with Crippen LogP contribution in [0.25, 0.3) is 11.0 Å². The van der Waals surface area contributed by atoms with Crippen LogP contribution >= 0.6 is 23.4 Å². The van der Waals surface area contributed by atoms with E-state index in [1.54, 1.807) is 11.6 Å². The molecule has 0 spiro atoms. The summed E-state index contributed by atoms with van der Waals surface area (Å²) in [7, 11) is 4.02. The molecule has 2 aliphatic heterocycles. The number of nitrogens with one attached hydrogen (secondary N) is 1. The van der Waals surface area contributed by atoms with Gasteiger partial charge in [-0.3, -0.25) is 4.57 Å². The Morgan fingerprint density at radius 1 is 1.23 bits per heavy atom. The monoisotopic (exact) mass is 337 g/mol. The van der Waals surface area contributed by atoms with E-state index in [-0.39, 0.29) is 5.69 Å². The molecule has 0 unspecified atom stereocenters. The fourth-order valence-corrected chi connectivity index (χ4v) is 5.77. The van der Waals surface area contributed by atoms with E-state index in [0.29, 0.717) is 10.3 Å². The number of H-pyrrole nitrogens is 1. The summed E-state index contributed by atoms with van der Waals surface area (Å²) in [6.07, 6.45) is 5.13. The van der Waals surface area contributed by atoms with Crippen molar-refractivity contribution in [3.8, 4) is 0 Å². The fourth-order valence-electron chi connectivity index (χ4n) is 4.00. The lowest BCUT2D eigenvalue weighted by molar-refractivity contribution is 0.183. The van der Waals surface area contributed by atoms with Crippen LogP contribution in [0.4, 0.5) is 0 Å². The maximum Gasteiger partial charge on any atom is 0.326 e. The van der Waals surface area contributed by atoms with Crippen molar-refractivity contribution in [1.82, 2.24) is 14.5 Å². The van der Waals surface area contributed by atoms with Crippen LogP contribution in [0.15, 0.2) is 21.8 Å². The highest BCUT2D eigenvalue weighted by atomic mass is 35.5. The summed E-state index contributed by atoms with van der Waals surface area (Å²) < 4.78 is 1.60. The average Bonchev–Trinajstić information content (AvgIpc) is 2.88. The number of aromatic nitrogens is 2. The fraction of sp³-hybridized carbons (Fsp3) is 0.562. The first-order chi connectivity index (χ1) is 10.5. The summed E-state index contributed by atoms with van der Waals surface area (Å²) >= 11 is 8.47. The van der Waals surface area contributed by atoms with Gasteiger partial charge >= 0.3 is 5.69 Å². The number of rotatable bonds is 2. The van der Waals surface area contributed by atoms with Gasteiger partial charge in [0, 0.05) is 29.3 Å².